The largest absolute Gasteiger partial charge is 0.462 e. The molecule has 3 nitrogen and oxygen atoms in total. The molecule has 0 bridgehead atoms. The van der Waals surface area contributed by atoms with Gasteiger partial charge < -0.3 is 4.74 Å². The maximum absolute atomic E-state index is 12.7. The normalized spacial score (nSPS) is 43.0. The Morgan fingerprint density at radius 2 is 1.87 bits per heavy atom. The highest BCUT2D eigenvalue weighted by Crippen LogP contribution is 2.64. The van der Waals surface area contributed by atoms with Crippen LogP contribution in [0.3, 0.4) is 0 Å². The zero-order chi connectivity index (χ0) is 20.9. The van der Waals surface area contributed by atoms with E-state index in [0.29, 0.717) is 24.2 Å². The SMILES string of the molecule is C[C@]12CC[C@H]3[C@@H](CCC4=CC(=O)C=C[C@@]43C)[C@@H]1CC[C@@H]2OC(=O)CCC1CCCC1. The molecule has 0 aromatic heterocycles. The fraction of sp³-hybridized carbons (Fsp3) is 0.778. The maximum Gasteiger partial charge on any atom is 0.306 e. The van der Waals surface area contributed by atoms with Crippen LogP contribution in [0.1, 0.15) is 90.9 Å². The molecule has 0 unspecified atom stereocenters. The van der Waals surface area contributed by atoms with Crippen molar-refractivity contribution in [1.29, 1.82) is 0 Å². The molecule has 0 spiro atoms. The summed E-state index contributed by atoms with van der Waals surface area (Å²) in [5.74, 6) is 2.91. The monoisotopic (exact) mass is 410 g/mol. The summed E-state index contributed by atoms with van der Waals surface area (Å²) < 4.78 is 6.16. The number of esters is 1. The van der Waals surface area contributed by atoms with Gasteiger partial charge in [-0.15, -0.1) is 0 Å². The number of hydrogen-bond acceptors (Lipinski definition) is 3. The van der Waals surface area contributed by atoms with Gasteiger partial charge in [-0.3, -0.25) is 9.59 Å². The van der Waals surface area contributed by atoms with Gasteiger partial charge in [0.05, 0.1) is 0 Å². The molecule has 0 amide bonds. The number of allylic oxidation sites excluding steroid dienone is 4. The van der Waals surface area contributed by atoms with Gasteiger partial charge >= 0.3 is 5.97 Å². The van der Waals surface area contributed by atoms with Gasteiger partial charge in [-0.05, 0) is 80.8 Å². The van der Waals surface area contributed by atoms with Crippen molar-refractivity contribution in [1.82, 2.24) is 0 Å². The van der Waals surface area contributed by atoms with Crippen molar-refractivity contribution in [3.63, 3.8) is 0 Å². The molecule has 5 aliphatic rings. The summed E-state index contributed by atoms with van der Waals surface area (Å²) in [6.07, 6.45) is 19.7. The summed E-state index contributed by atoms with van der Waals surface area (Å²) in [6.45, 7) is 4.76. The third-order valence-corrected chi connectivity index (χ3v) is 9.97. The Morgan fingerprint density at radius 3 is 2.67 bits per heavy atom. The lowest BCUT2D eigenvalue weighted by molar-refractivity contribution is -0.159. The van der Waals surface area contributed by atoms with E-state index in [1.54, 1.807) is 6.08 Å². The first kappa shape index (κ1) is 20.5. The summed E-state index contributed by atoms with van der Waals surface area (Å²) in [7, 11) is 0. The highest BCUT2D eigenvalue weighted by atomic mass is 16.5. The second-order valence-corrected chi connectivity index (χ2v) is 11.4. The fourth-order valence-electron chi connectivity index (χ4n) is 8.18. The van der Waals surface area contributed by atoms with Crippen molar-refractivity contribution in [2.45, 2.75) is 97.0 Å². The van der Waals surface area contributed by atoms with E-state index in [1.165, 1.54) is 50.5 Å². The first-order chi connectivity index (χ1) is 14.4. The molecule has 0 aliphatic heterocycles. The number of carbonyl (C=O) groups excluding carboxylic acids is 2. The number of ether oxygens (including phenoxy) is 1. The zero-order valence-electron chi connectivity index (χ0n) is 18.8. The van der Waals surface area contributed by atoms with Gasteiger partial charge in [0.1, 0.15) is 6.10 Å². The molecule has 5 aliphatic carbocycles. The Balaban J connectivity index is 1.26. The second kappa shape index (κ2) is 7.64. The predicted molar refractivity (Wildman–Crippen MR) is 118 cm³/mol. The molecule has 30 heavy (non-hydrogen) atoms. The zero-order valence-corrected chi connectivity index (χ0v) is 18.8. The fourth-order valence-corrected chi connectivity index (χ4v) is 8.18. The lowest BCUT2D eigenvalue weighted by atomic mass is 9.48. The van der Waals surface area contributed by atoms with E-state index < -0.39 is 0 Å². The first-order valence-electron chi connectivity index (χ1n) is 12.5. The van der Waals surface area contributed by atoms with Gasteiger partial charge in [-0.2, -0.15) is 0 Å². The smallest absolute Gasteiger partial charge is 0.306 e. The molecule has 0 aromatic carbocycles. The molecular weight excluding hydrogens is 372 g/mol. The Hall–Kier alpha value is -1.38. The van der Waals surface area contributed by atoms with E-state index in [1.807, 2.05) is 6.08 Å². The Morgan fingerprint density at radius 1 is 1.07 bits per heavy atom. The minimum Gasteiger partial charge on any atom is -0.462 e. The molecule has 6 atom stereocenters. The number of fused-ring (bicyclic) bond motifs is 5. The van der Waals surface area contributed by atoms with Crippen LogP contribution < -0.4 is 0 Å². The Bertz CT molecular complexity index is 773. The topological polar surface area (TPSA) is 43.4 Å². The van der Waals surface area contributed by atoms with Crippen molar-refractivity contribution in [2.75, 3.05) is 0 Å². The predicted octanol–water partition coefficient (Wildman–Crippen LogP) is 6.18. The molecular formula is C27H38O3. The summed E-state index contributed by atoms with van der Waals surface area (Å²) in [5.41, 5.74) is 1.54. The molecule has 3 heteroatoms. The van der Waals surface area contributed by atoms with E-state index in [4.69, 9.17) is 4.74 Å². The standard InChI is InChI=1S/C27H38O3/c1-26-15-13-20(28)17-19(26)8-9-21-22-10-11-24(27(22,2)16-14-23(21)26)30-25(29)12-7-18-5-3-4-6-18/h13,15,17-18,21-24H,3-12,14,16H2,1-2H3/t21-,22-,23-,24-,26-,27-/m0/s1. The van der Waals surface area contributed by atoms with Crippen molar-refractivity contribution in [3.05, 3.63) is 23.8 Å². The van der Waals surface area contributed by atoms with Crippen molar-refractivity contribution < 1.29 is 14.3 Å². The third-order valence-electron chi connectivity index (χ3n) is 9.97. The number of carbonyl (C=O) groups is 2. The summed E-state index contributed by atoms with van der Waals surface area (Å²) in [5, 5.41) is 0. The summed E-state index contributed by atoms with van der Waals surface area (Å²) >= 11 is 0. The number of rotatable bonds is 4. The van der Waals surface area contributed by atoms with Crippen LogP contribution in [0, 0.1) is 34.5 Å². The van der Waals surface area contributed by atoms with Gasteiger partial charge in [0, 0.05) is 17.3 Å². The first-order valence-corrected chi connectivity index (χ1v) is 12.5. The molecule has 0 N–H and O–H groups in total. The molecule has 164 valence electrons. The molecule has 4 saturated carbocycles. The van der Waals surface area contributed by atoms with Crippen LogP contribution >= 0.6 is 0 Å². The number of ketones is 1. The van der Waals surface area contributed by atoms with Crippen molar-refractivity contribution in [3.8, 4) is 0 Å². The average Bonchev–Trinajstić information content (AvgIpc) is 3.35. The highest BCUT2D eigenvalue weighted by molar-refractivity contribution is 6.01. The summed E-state index contributed by atoms with van der Waals surface area (Å²) in [6, 6.07) is 0. The van der Waals surface area contributed by atoms with E-state index in [9.17, 15) is 9.59 Å². The maximum atomic E-state index is 12.7. The second-order valence-electron chi connectivity index (χ2n) is 11.4. The molecule has 0 radical (unpaired) electrons. The van der Waals surface area contributed by atoms with Crippen LogP contribution in [0.15, 0.2) is 23.8 Å². The van der Waals surface area contributed by atoms with Gasteiger partial charge in [0.2, 0.25) is 0 Å². The molecule has 0 heterocycles. The minimum atomic E-state index is 0.0467. The van der Waals surface area contributed by atoms with Crippen LogP contribution in [0.25, 0.3) is 0 Å². The third kappa shape index (κ3) is 3.31. The van der Waals surface area contributed by atoms with E-state index in [2.05, 4.69) is 19.9 Å². The Labute approximate surface area is 181 Å². The van der Waals surface area contributed by atoms with E-state index in [-0.39, 0.29) is 28.7 Å². The van der Waals surface area contributed by atoms with Gasteiger partial charge in [0.15, 0.2) is 5.78 Å². The van der Waals surface area contributed by atoms with Crippen LogP contribution in [0.2, 0.25) is 0 Å². The molecule has 5 rings (SSSR count). The number of hydrogen-bond donors (Lipinski definition) is 0. The molecule has 0 aromatic rings. The molecule has 0 saturated heterocycles. The lowest BCUT2D eigenvalue weighted by Gasteiger charge is -2.56. The molecule has 4 fully saturated rings. The minimum absolute atomic E-state index is 0.0467. The van der Waals surface area contributed by atoms with Gasteiger partial charge in [-0.1, -0.05) is 51.2 Å². The van der Waals surface area contributed by atoms with Crippen LogP contribution in [0.4, 0.5) is 0 Å². The van der Waals surface area contributed by atoms with E-state index >= 15 is 0 Å². The Kier molecular flexibility index (Phi) is 5.22. The van der Waals surface area contributed by atoms with Gasteiger partial charge in [-0.25, -0.2) is 0 Å². The van der Waals surface area contributed by atoms with Crippen molar-refractivity contribution >= 4 is 11.8 Å². The summed E-state index contributed by atoms with van der Waals surface area (Å²) in [4.78, 5) is 24.6. The van der Waals surface area contributed by atoms with Crippen molar-refractivity contribution in [2.24, 2.45) is 34.5 Å². The quantitative estimate of drug-likeness (QED) is 0.520. The lowest BCUT2D eigenvalue weighted by Crippen LogP contribution is -2.51. The van der Waals surface area contributed by atoms with Crippen LogP contribution in [0.5, 0.6) is 0 Å². The van der Waals surface area contributed by atoms with Crippen LogP contribution in [-0.2, 0) is 14.3 Å². The van der Waals surface area contributed by atoms with E-state index in [0.717, 1.165) is 31.6 Å². The average molecular weight is 411 g/mol. The highest BCUT2D eigenvalue weighted by Gasteiger charge is 2.59. The van der Waals surface area contributed by atoms with Crippen LogP contribution in [-0.4, -0.2) is 17.9 Å². The van der Waals surface area contributed by atoms with Gasteiger partial charge in [0.25, 0.3) is 0 Å².